The van der Waals surface area contributed by atoms with E-state index in [9.17, 15) is 9.59 Å². The minimum atomic E-state index is -0.388. The number of aryl methyl sites for hydroxylation is 2. The van der Waals surface area contributed by atoms with Crippen molar-refractivity contribution < 1.29 is 14.0 Å². The van der Waals surface area contributed by atoms with Crippen molar-refractivity contribution in [3.8, 4) is 0 Å². The van der Waals surface area contributed by atoms with E-state index in [1.54, 1.807) is 12.1 Å². The molecule has 6 heteroatoms. The first kappa shape index (κ1) is 17.7. The van der Waals surface area contributed by atoms with E-state index in [2.05, 4.69) is 53.3 Å². The van der Waals surface area contributed by atoms with Gasteiger partial charge in [0.1, 0.15) is 0 Å². The van der Waals surface area contributed by atoms with Gasteiger partial charge in [0.15, 0.2) is 10.4 Å². The lowest BCUT2D eigenvalue weighted by molar-refractivity contribution is -0.131. The zero-order valence-corrected chi connectivity index (χ0v) is 15.9. The summed E-state index contributed by atoms with van der Waals surface area (Å²) < 4.78 is 5.68. The van der Waals surface area contributed by atoms with Gasteiger partial charge in [0.05, 0.1) is 12.6 Å². The van der Waals surface area contributed by atoms with E-state index in [1.165, 1.54) is 16.7 Å². The molecule has 25 heavy (non-hydrogen) atoms. The Hall–Kier alpha value is -2.08. The summed E-state index contributed by atoms with van der Waals surface area (Å²) in [7, 11) is 0. The van der Waals surface area contributed by atoms with Crippen molar-refractivity contribution in [3.05, 3.63) is 57.5 Å². The molecule has 0 aliphatic carbocycles. The van der Waals surface area contributed by atoms with Crippen LogP contribution >= 0.6 is 15.9 Å². The first-order valence-electron chi connectivity index (χ1n) is 8.35. The topological polar surface area (TPSA) is 62.6 Å². The third-order valence-electron chi connectivity index (χ3n) is 4.40. The maximum absolute atomic E-state index is 12.6. The molecule has 2 heterocycles. The summed E-state index contributed by atoms with van der Waals surface area (Å²) in [5.74, 6) is -0.270. The van der Waals surface area contributed by atoms with E-state index in [4.69, 9.17) is 4.42 Å². The number of carbonyl (C=O) groups excluding carboxylic acids is 2. The van der Waals surface area contributed by atoms with E-state index < -0.39 is 0 Å². The van der Waals surface area contributed by atoms with Gasteiger partial charge in [-0.3, -0.25) is 9.59 Å². The standard InChI is InChI=1S/C19H21BrN2O3/c1-12-8-13(2)10-14(9-12)15-4-3-7-22(15)18(23)11-21-19(24)16-5-6-17(20)25-16/h5-6,8-10,15H,3-4,7,11H2,1-2H3,(H,21,24). The van der Waals surface area contributed by atoms with E-state index >= 15 is 0 Å². The average Bonchev–Trinajstić information content (AvgIpc) is 3.20. The summed E-state index contributed by atoms with van der Waals surface area (Å²) in [5.41, 5.74) is 3.57. The third-order valence-corrected chi connectivity index (χ3v) is 4.83. The molecule has 1 N–H and O–H groups in total. The van der Waals surface area contributed by atoms with Crippen molar-refractivity contribution in [2.45, 2.75) is 32.7 Å². The number of rotatable bonds is 4. The number of amides is 2. The highest BCUT2D eigenvalue weighted by atomic mass is 79.9. The zero-order valence-electron chi connectivity index (χ0n) is 14.3. The van der Waals surface area contributed by atoms with Crippen molar-refractivity contribution in [1.29, 1.82) is 0 Å². The largest absolute Gasteiger partial charge is 0.444 e. The molecule has 132 valence electrons. The monoisotopic (exact) mass is 404 g/mol. The molecule has 0 saturated carbocycles. The molecule has 2 amide bonds. The number of hydrogen-bond acceptors (Lipinski definition) is 3. The van der Waals surface area contributed by atoms with E-state index in [0.717, 1.165) is 19.4 Å². The highest BCUT2D eigenvalue weighted by molar-refractivity contribution is 9.10. The summed E-state index contributed by atoms with van der Waals surface area (Å²) in [6, 6.07) is 9.71. The summed E-state index contributed by atoms with van der Waals surface area (Å²) in [5, 5.41) is 2.64. The van der Waals surface area contributed by atoms with Gasteiger partial charge in [-0.25, -0.2) is 0 Å². The fourth-order valence-electron chi connectivity index (χ4n) is 3.39. The predicted molar refractivity (Wildman–Crippen MR) is 98.3 cm³/mol. The molecule has 1 atom stereocenters. The normalized spacial score (nSPS) is 16.9. The Morgan fingerprint density at radius 3 is 2.60 bits per heavy atom. The number of furan rings is 1. The summed E-state index contributed by atoms with van der Waals surface area (Å²) in [6.45, 7) is 4.83. The quantitative estimate of drug-likeness (QED) is 0.843. The smallest absolute Gasteiger partial charge is 0.287 e. The molecule has 1 aliphatic rings. The van der Waals surface area contributed by atoms with Crippen LogP contribution in [0.3, 0.4) is 0 Å². The number of nitrogens with one attached hydrogen (secondary N) is 1. The van der Waals surface area contributed by atoms with Gasteiger partial charge in [0.2, 0.25) is 5.91 Å². The zero-order chi connectivity index (χ0) is 18.0. The second-order valence-corrected chi connectivity index (χ2v) is 7.23. The van der Waals surface area contributed by atoms with E-state index in [-0.39, 0.29) is 30.2 Å². The van der Waals surface area contributed by atoms with Crippen LogP contribution < -0.4 is 5.32 Å². The molecule has 1 aromatic heterocycles. The molecule has 0 spiro atoms. The summed E-state index contributed by atoms with van der Waals surface area (Å²) in [6.07, 6.45) is 1.93. The van der Waals surface area contributed by atoms with Crippen molar-refractivity contribution in [1.82, 2.24) is 10.2 Å². The lowest BCUT2D eigenvalue weighted by Gasteiger charge is -2.26. The Morgan fingerprint density at radius 2 is 1.96 bits per heavy atom. The van der Waals surface area contributed by atoms with E-state index in [1.807, 2.05) is 4.90 Å². The van der Waals surface area contributed by atoms with Crippen molar-refractivity contribution in [2.75, 3.05) is 13.1 Å². The molecular formula is C19H21BrN2O3. The molecule has 1 aliphatic heterocycles. The highest BCUT2D eigenvalue weighted by Crippen LogP contribution is 2.32. The SMILES string of the molecule is Cc1cc(C)cc(C2CCCN2C(=O)CNC(=O)c2ccc(Br)o2)c1. The van der Waals surface area contributed by atoms with Crippen LogP contribution in [0.5, 0.6) is 0 Å². The van der Waals surface area contributed by atoms with Gasteiger partial charge in [-0.2, -0.15) is 0 Å². The lowest BCUT2D eigenvalue weighted by atomic mass is 9.99. The molecule has 0 radical (unpaired) electrons. The molecule has 5 nitrogen and oxygen atoms in total. The maximum Gasteiger partial charge on any atom is 0.287 e. The van der Waals surface area contributed by atoms with Crippen LogP contribution in [-0.4, -0.2) is 29.8 Å². The van der Waals surface area contributed by atoms with Gasteiger partial charge in [-0.15, -0.1) is 0 Å². The number of carbonyl (C=O) groups is 2. The minimum absolute atomic E-state index is 0.0293. The first-order valence-corrected chi connectivity index (χ1v) is 9.14. The lowest BCUT2D eigenvalue weighted by Crippen LogP contribution is -2.39. The Balaban J connectivity index is 1.65. The molecule has 1 aromatic carbocycles. The van der Waals surface area contributed by atoms with Gasteiger partial charge in [0.25, 0.3) is 5.91 Å². The van der Waals surface area contributed by atoms with Crippen LogP contribution in [0.1, 0.15) is 46.1 Å². The number of likely N-dealkylation sites (tertiary alicyclic amines) is 1. The van der Waals surface area contributed by atoms with Gasteiger partial charge in [0, 0.05) is 6.54 Å². The van der Waals surface area contributed by atoms with Crippen LogP contribution in [-0.2, 0) is 4.79 Å². The molecule has 1 saturated heterocycles. The minimum Gasteiger partial charge on any atom is -0.444 e. The number of benzene rings is 1. The highest BCUT2D eigenvalue weighted by Gasteiger charge is 2.30. The van der Waals surface area contributed by atoms with Crippen LogP contribution in [0.15, 0.2) is 39.4 Å². The van der Waals surface area contributed by atoms with Crippen LogP contribution in [0, 0.1) is 13.8 Å². The second kappa shape index (κ2) is 7.44. The van der Waals surface area contributed by atoms with Crippen molar-refractivity contribution >= 4 is 27.7 Å². The number of halogens is 1. The summed E-state index contributed by atoms with van der Waals surface area (Å²) >= 11 is 3.16. The fraction of sp³-hybridized carbons (Fsp3) is 0.368. The van der Waals surface area contributed by atoms with Gasteiger partial charge < -0.3 is 14.6 Å². The predicted octanol–water partition coefficient (Wildman–Crippen LogP) is 3.75. The Bertz CT molecular complexity index is 779. The van der Waals surface area contributed by atoms with E-state index in [0.29, 0.717) is 4.67 Å². The number of hydrogen-bond donors (Lipinski definition) is 1. The number of nitrogens with zero attached hydrogens (tertiary/aromatic N) is 1. The van der Waals surface area contributed by atoms with Crippen LogP contribution in [0.25, 0.3) is 0 Å². The summed E-state index contributed by atoms with van der Waals surface area (Å²) in [4.78, 5) is 26.5. The van der Waals surface area contributed by atoms with Crippen LogP contribution in [0.4, 0.5) is 0 Å². The molecule has 1 unspecified atom stereocenters. The van der Waals surface area contributed by atoms with Gasteiger partial charge >= 0.3 is 0 Å². The molecule has 3 rings (SSSR count). The molecule has 2 aromatic rings. The molecular weight excluding hydrogens is 384 g/mol. The second-order valence-electron chi connectivity index (χ2n) is 6.45. The first-order chi connectivity index (χ1) is 11.9. The van der Waals surface area contributed by atoms with Crippen LogP contribution in [0.2, 0.25) is 0 Å². The fourth-order valence-corrected chi connectivity index (χ4v) is 3.70. The maximum atomic E-state index is 12.6. The molecule has 1 fully saturated rings. The van der Waals surface area contributed by atoms with Gasteiger partial charge in [-0.05, 0) is 60.3 Å². The third kappa shape index (κ3) is 4.12. The molecule has 0 bridgehead atoms. The Kier molecular flexibility index (Phi) is 5.27. The van der Waals surface area contributed by atoms with Crippen molar-refractivity contribution in [3.63, 3.8) is 0 Å². The van der Waals surface area contributed by atoms with Crippen molar-refractivity contribution in [2.24, 2.45) is 0 Å². The Morgan fingerprint density at radius 1 is 1.24 bits per heavy atom. The Labute approximate surface area is 155 Å². The average molecular weight is 405 g/mol. The van der Waals surface area contributed by atoms with Gasteiger partial charge in [-0.1, -0.05) is 29.3 Å².